The first-order valence-corrected chi connectivity index (χ1v) is 9.67. The van der Waals surface area contributed by atoms with Gasteiger partial charge in [-0.25, -0.2) is 0 Å². The number of para-hydroxylation sites is 1. The van der Waals surface area contributed by atoms with Crippen LogP contribution in [0.25, 0.3) is 0 Å². The molecule has 2 rings (SSSR count). The van der Waals surface area contributed by atoms with Crippen LogP contribution in [0.3, 0.4) is 0 Å². The highest BCUT2D eigenvalue weighted by molar-refractivity contribution is 7.80. The first kappa shape index (κ1) is 22.3. The van der Waals surface area contributed by atoms with Crippen LogP contribution >= 0.6 is 12.2 Å². The molecule has 0 bridgehead atoms. The molecule has 154 valence electrons. The Bertz CT molecular complexity index is 840. The monoisotopic (exact) mass is 415 g/mol. The zero-order valence-corrected chi connectivity index (χ0v) is 17.3. The summed E-state index contributed by atoms with van der Waals surface area (Å²) in [5.74, 6) is -0.0224. The minimum absolute atomic E-state index is 0.151. The van der Waals surface area contributed by atoms with E-state index in [0.29, 0.717) is 42.3 Å². The standard InChI is InChI=1S/C21H25N3O4S/c1-3-28-18-8-5-4-7-17(18)20(26)24-21(29)23-16-11-9-15(10-12-16)19(25)22-13-6-14-27-2/h4-5,7-12H,3,6,13-14H2,1-2H3,(H,22,25)(H2,23,24,26,29). The largest absolute Gasteiger partial charge is 0.493 e. The molecule has 0 radical (unpaired) electrons. The molecule has 0 aliphatic heterocycles. The quantitative estimate of drug-likeness (QED) is 0.431. The Hall–Kier alpha value is -2.97. The van der Waals surface area contributed by atoms with E-state index < -0.39 is 0 Å². The molecule has 0 unspecified atom stereocenters. The lowest BCUT2D eigenvalue weighted by molar-refractivity contribution is 0.0946. The molecule has 0 atom stereocenters. The molecule has 2 aromatic rings. The van der Waals surface area contributed by atoms with Crippen molar-refractivity contribution in [2.45, 2.75) is 13.3 Å². The van der Waals surface area contributed by atoms with Gasteiger partial charge in [-0.05, 0) is 62.0 Å². The fourth-order valence-corrected chi connectivity index (χ4v) is 2.70. The summed E-state index contributed by atoms with van der Waals surface area (Å²) < 4.78 is 10.4. The Kier molecular flexibility index (Phi) is 9.07. The first-order chi connectivity index (χ1) is 14.0. The third-order valence-corrected chi connectivity index (χ3v) is 4.08. The molecule has 2 amide bonds. The number of carbonyl (C=O) groups is 2. The number of hydrogen-bond acceptors (Lipinski definition) is 5. The second-order valence-electron chi connectivity index (χ2n) is 6.02. The van der Waals surface area contributed by atoms with Gasteiger partial charge in [0.25, 0.3) is 11.8 Å². The summed E-state index contributed by atoms with van der Waals surface area (Å²) in [6, 6.07) is 13.8. The van der Waals surface area contributed by atoms with Crippen molar-refractivity contribution >= 4 is 34.8 Å². The van der Waals surface area contributed by atoms with Crippen molar-refractivity contribution in [1.82, 2.24) is 10.6 Å². The summed E-state index contributed by atoms with van der Waals surface area (Å²) >= 11 is 5.21. The molecular formula is C21H25N3O4S. The van der Waals surface area contributed by atoms with Crippen molar-refractivity contribution in [1.29, 1.82) is 0 Å². The molecular weight excluding hydrogens is 390 g/mol. The molecule has 0 saturated heterocycles. The van der Waals surface area contributed by atoms with Crippen molar-refractivity contribution in [2.75, 3.05) is 32.2 Å². The summed E-state index contributed by atoms with van der Waals surface area (Å²) in [6.45, 7) is 3.46. The molecule has 0 spiro atoms. The molecule has 29 heavy (non-hydrogen) atoms. The lowest BCUT2D eigenvalue weighted by Crippen LogP contribution is -2.34. The van der Waals surface area contributed by atoms with E-state index in [1.54, 1.807) is 55.6 Å². The van der Waals surface area contributed by atoms with Crippen LogP contribution in [0, 0.1) is 0 Å². The Morgan fingerprint density at radius 1 is 1.03 bits per heavy atom. The van der Waals surface area contributed by atoms with Gasteiger partial charge < -0.3 is 20.1 Å². The van der Waals surface area contributed by atoms with E-state index in [1.807, 2.05) is 6.92 Å². The second-order valence-corrected chi connectivity index (χ2v) is 6.43. The van der Waals surface area contributed by atoms with E-state index in [2.05, 4.69) is 16.0 Å². The van der Waals surface area contributed by atoms with E-state index in [-0.39, 0.29) is 16.9 Å². The summed E-state index contributed by atoms with van der Waals surface area (Å²) in [5.41, 5.74) is 1.59. The fraction of sp³-hybridized carbons (Fsp3) is 0.286. The second kappa shape index (κ2) is 11.8. The molecule has 8 heteroatoms. The van der Waals surface area contributed by atoms with Crippen molar-refractivity contribution in [3.8, 4) is 5.75 Å². The molecule has 0 fully saturated rings. The highest BCUT2D eigenvalue weighted by Gasteiger charge is 2.13. The van der Waals surface area contributed by atoms with Crippen LogP contribution in [0.15, 0.2) is 48.5 Å². The highest BCUT2D eigenvalue weighted by Crippen LogP contribution is 2.17. The summed E-state index contributed by atoms with van der Waals surface area (Å²) in [6.07, 6.45) is 0.752. The number of rotatable bonds is 9. The van der Waals surface area contributed by atoms with Crippen LogP contribution < -0.4 is 20.7 Å². The Balaban J connectivity index is 1.89. The molecule has 3 N–H and O–H groups in total. The zero-order valence-electron chi connectivity index (χ0n) is 16.5. The lowest BCUT2D eigenvalue weighted by atomic mass is 10.2. The number of hydrogen-bond donors (Lipinski definition) is 3. The van der Waals surface area contributed by atoms with Gasteiger partial charge in [-0.2, -0.15) is 0 Å². The highest BCUT2D eigenvalue weighted by atomic mass is 32.1. The van der Waals surface area contributed by atoms with Crippen molar-refractivity contribution in [3.63, 3.8) is 0 Å². The third-order valence-electron chi connectivity index (χ3n) is 3.87. The molecule has 7 nitrogen and oxygen atoms in total. The van der Waals surface area contributed by atoms with Crippen molar-refractivity contribution in [2.24, 2.45) is 0 Å². The van der Waals surface area contributed by atoms with Crippen LogP contribution in [-0.4, -0.2) is 43.8 Å². The summed E-state index contributed by atoms with van der Waals surface area (Å²) in [7, 11) is 1.62. The minimum atomic E-state index is -0.362. The zero-order chi connectivity index (χ0) is 21.1. The van der Waals surface area contributed by atoms with E-state index in [9.17, 15) is 9.59 Å². The maximum atomic E-state index is 12.5. The Labute approximate surface area is 175 Å². The number of amides is 2. The average molecular weight is 416 g/mol. The lowest BCUT2D eigenvalue weighted by Gasteiger charge is -2.12. The van der Waals surface area contributed by atoms with E-state index >= 15 is 0 Å². The van der Waals surface area contributed by atoms with Crippen molar-refractivity contribution in [3.05, 3.63) is 59.7 Å². The minimum Gasteiger partial charge on any atom is -0.493 e. The van der Waals surface area contributed by atoms with Gasteiger partial charge >= 0.3 is 0 Å². The number of methoxy groups -OCH3 is 1. The molecule has 0 aromatic heterocycles. The van der Waals surface area contributed by atoms with Crippen LogP contribution in [0.2, 0.25) is 0 Å². The Morgan fingerprint density at radius 2 is 1.76 bits per heavy atom. The summed E-state index contributed by atoms with van der Waals surface area (Å²) in [4.78, 5) is 24.5. The number of anilines is 1. The van der Waals surface area contributed by atoms with Gasteiger partial charge in [0.2, 0.25) is 0 Å². The van der Waals surface area contributed by atoms with E-state index in [1.165, 1.54) is 0 Å². The number of thiocarbonyl (C=S) groups is 1. The Morgan fingerprint density at radius 3 is 2.45 bits per heavy atom. The van der Waals surface area contributed by atoms with Crippen LogP contribution in [-0.2, 0) is 4.74 Å². The van der Waals surface area contributed by atoms with E-state index in [0.717, 1.165) is 6.42 Å². The fourth-order valence-electron chi connectivity index (χ4n) is 2.49. The number of benzene rings is 2. The average Bonchev–Trinajstić information content (AvgIpc) is 2.72. The van der Waals surface area contributed by atoms with Gasteiger partial charge in [-0.1, -0.05) is 12.1 Å². The van der Waals surface area contributed by atoms with Gasteiger partial charge in [0.1, 0.15) is 5.75 Å². The van der Waals surface area contributed by atoms with E-state index in [4.69, 9.17) is 21.7 Å². The smallest absolute Gasteiger partial charge is 0.261 e. The van der Waals surface area contributed by atoms with Gasteiger partial charge in [0.05, 0.1) is 12.2 Å². The molecule has 0 saturated carbocycles. The topological polar surface area (TPSA) is 88.7 Å². The van der Waals surface area contributed by atoms with Gasteiger partial charge in [-0.15, -0.1) is 0 Å². The predicted molar refractivity (Wildman–Crippen MR) is 117 cm³/mol. The molecule has 0 heterocycles. The maximum Gasteiger partial charge on any atom is 0.261 e. The number of ether oxygens (including phenoxy) is 2. The van der Waals surface area contributed by atoms with Gasteiger partial charge in [0.15, 0.2) is 5.11 Å². The van der Waals surface area contributed by atoms with Crippen LogP contribution in [0.4, 0.5) is 5.69 Å². The van der Waals surface area contributed by atoms with Crippen molar-refractivity contribution < 1.29 is 19.1 Å². The van der Waals surface area contributed by atoms with Crippen LogP contribution in [0.5, 0.6) is 5.75 Å². The third kappa shape index (κ3) is 7.17. The normalized spacial score (nSPS) is 10.1. The SMILES string of the molecule is CCOc1ccccc1C(=O)NC(=S)Nc1ccc(C(=O)NCCCOC)cc1. The molecule has 0 aliphatic rings. The predicted octanol–water partition coefficient (Wildman–Crippen LogP) is 2.98. The van der Waals surface area contributed by atoms with Gasteiger partial charge in [-0.3, -0.25) is 14.9 Å². The maximum absolute atomic E-state index is 12.5. The molecule has 2 aromatic carbocycles. The summed E-state index contributed by atoms with van der Waals surface area (Å²) in [5, 5.41) is 8.53. The number of carbonyl (C=O) groups excluding carboxylic acids is 2. The number of nitrogens with one attached hydrogen (secondary N) is 3. The van der Waals surface area contributed by atoms with Gasteiger partial charge in [0, 0.05) is 31.5 Å². The van der Waals surface area contributed by atoms with Crippen LogP contribution in [0.1, 0.15) is 34.1 Å². The first-order valence-electron chi connectivity index (χ1n) is 9.26. The molecule has 0 aliphatic carbocycles.